The van der Waals surface area contributed by atoms with E-state index in [9.17, 15) is 4.79 Å². The van der Waals surface area contributed by atoms with Crippen LogP contribution in [0.2, 0.25) is 0 Å². The molecule has 1 aliphatic rings. The number of nitrogens with one attached hydrogen (secondary N) is 2. The van der Waals surface area contributed by atoms with Crippen LogP contribution in [0.4, 0.5) is 28.4 Å². The molecule has 7 nitrogen and oxygen atoms in total. The summed E-state index contributed by atoms with van der Waals surface area (Å²) < 4.78 is 5.00. The predicted molar refractivity (Wildman–Crippen MR) is 133 cm³/mol. The van der Waals surface area contributed by atoms with E-state index in [0.717, 1.165) is 41.4 Å². The van der Waals surface area contributed by atoms with Gasteiger partial charge in [-0.25, -0.2) is 4.79 Å². The number of anilines is 3. The Hall–Kier alpha value is -3.87. The molecule has 0 bridgehead atoms. The molecular formula is C26H29N5O2. The zero-order valence-corrected chi connectivity index (χ0v) is 19.0. The van der Waals surface area contributed by atoms with Crippen molar-refractivity contribution >= 4 is 34.4 Å². The van der Waals surface area contributed by atoms with Gasteiger partial charge in [-0.3, -0.25) is 0 Å². The monoisotopic (exact) mass is 443 g/mol. The van der Waals surface area contributed by atoms with Crippen LogP contribution in [-0.4, -0.2) is 25.7 Å². The lowest BCUT2D eigenvalue weighted by atomic mass is 10.2. The van der Waals surface area contributed by atoms with Crippen LogP contribution in [0.5, 0.6) is 0 Å². The van der Waals surface area contributed by atoms with Crippen molar-refractivity contribution in [1.82, 2.24) is 0 Å². The molecular weight excluding hydrogens is 414 g/mol. The van der Waals surface area contributed by atoms with E-state index in [1.165, 1.54) is 18.5 Å². The van der Waals surface area contributed by atoms with Gasteiger partial charge in [0.2, 0.25) is 0 Å². The SMILES string of the molecule is CCOC(=O)c1ccc(NNc2ccc(N=Nc3ccc(N4CCCC4)cc3)c(C)c2)cc1. The number of benzene rings is 3. The van der Waals surface area contributed by atoms with E-state index in [0.29, 0.717) is 12.2 Å². The standard InChI is InChI=1S/C26H29N5O2/c1-3-33-26(32)20-6-8-21(9-7-20)27-29-23-12-15-25(19(2)18-23)30-28-22-10-13-24(14-11-22)31-16-4-5-17-31/h6-15,18,27,29H,3-5,16-17H2,1-2H3. The molecule has 170 valence electrons. The number of esters is 1. The summed E-state index contributed by atoms with van der Waals surface area (Å²) in [6, 6.07) is 21.2. The van der Waals surface area contributed by atoms with Crippen LogP contribution < -0.4 is 15.8 Å². The van der Waals surface area contributed by atoms with Crippen LogP contribution in [0, 0.1) is 6.92 Å². The van der Waals surface area contributed by atoms with Crippen molar-refractivity contribution in [1.29, 1.82) is 0 Å². The highest BCUT2D eigenvalue weighted by Gasteiger charge is 2.11. The van der Waals surface area contributed by atoms with Gasteiger partial charge in [-0.2, -0.15) is 10.2 Å². The average Bonchev–Trinajstić information content (AvgIpc) is 3.38. The van der Waals surface area contributed by atoms with Crippen LogP contribution in [0.15, 0.2) is 77.0 Å². The zero-order chi connectivity index (χ0) is 23.0. The second-order valence-corrected chi connectivity index (χ2v) is 7.96. The summed E-state index contributed by atoms with van der Waals surface area (Å²) in [7, 11) is 0. The van der Waals surface area contributed by atoms with Crippen molar-refractivity contribution in [2.45, 2.75) is 26.7 Å². The molecule has 1 heterocycles. The van der Waals surface area contributed by atoms with Crippen molar-refractivity contribution in [3.05, 3.63) is 77.9 Å². The van der Waals surface area contributed by atoms with Crippen molar-refractivity contribution in [2.75, 3.05) is 35.4 Å². The van der Waals surface area contributed by atoms with Crippen LogP contribution in [0.25, 0.3) is 0 Å². The third kappa shape index (κ3) is 5.88. The maximum atomic E-state index is 11.7. The highest BCUT2D eigenvalue weighted by atomic mass is 16.5. The van der Waals surface area contributed by atoms with Gasteiger partial charge in [-0.05, 0) is 99.0 Å². The second-order valence-electron chi connectivity index (χ2n) is 7.96. The van der Waals surface area contributed by atoms with Gasteiger partial charge in [0.1, 0.15) is 0 Å². The number of azo groups is 1. The van der Waals surface area contributed by atoms with E-state index in [4.69, 9.17) is 4.74 Å². The van der Waals surface area contributed by atoms with Gasteiger partial charge in [-0.1, -0.05) is 0 Å². The quantitative estimate of drug-likeness (QED) is 0.232. The summed E-state index contributed by atoms with van der Waals surface area (Å²) in [4.78, 5) is 14.1. The van der Waals surface area contributed by atoms with E-state index in [1.807, 2.05) is 49.4 Å². The maximum Gasteiger partial charge on any atom is 0.338 e. The van der Waals surface area contributed by atoms with Crippen molar-refractivity contribution in [3.8, 4) is 0 Å². The second kappa shape index (κ2) is 10.6. The summed E-state index contributed by atoms with van der Waals surface area (Å²) in [5, 5.41) is 8.82. The van der Waals surface area contributed by atoms with Crippen LogP contribution in [0.3, 0.4) is 0 Å². The highest BCUT2D eigenvalue weighted by Crippen LogP contribution is 2.27. The summed E-state index contributed by atoms with van der Waals surface area (Å²) in [5.74, 6) is -0.320. The Morgan fingerprint density at radius 3 is 2.24 bits per heavy atom. The Kier molecular flexibility index (Phi) is 7.19. The number of carbonyl (C=O) groups is 1. The molecule has 0 aromatic heterocycles. The minimum atomic E-state index is -0.320. The zero-order valence-electron chi connectivity index (χ0n) is 19.0. The van der Waals surface area contributed by atoms with Gasteiger partial charge in [0.15, 0.2) is 0 Å². The summed E-state index contributed by atoms with van der Waals surface area (Å²) in [5.41, 5.74) is 12.5. The molecule has 0 atom stereocenters. The number of nitrogens with zero attached hydrogens (tertiary/aromatic N) is 3. The Morgan fingerprint density at radius 2 is 1.58 bits per heavy atom. The fourth-order valence-electron chi connectivity index (χ4n) is 3.71. The highest BCUT2D eigenvalue weighted by molar-refractivity contribution is 5.89. The molecule has 0 aliphatic carbocycles. The molecule has 3 aromatic carbocycles. The van der Waals surface area contributed by atoms with Crippen LogP contribution >= 0.6 is 0 Å². The van der Waals surface area contributed by atoms with Crippen LogP contribution in [0.1, 0.15) is 35.7 Å². The number of hydrazine groups is 1. The first-order chi connectivity index (χ1) is 16.1. The average molecular weight is 444 g/mol. The number of hydrogen-bond acceptors (Lipinski definition) is 7. The minimum Gasteiger partial charge on any atom is -0.462 e. The first kappa shape index (κ1) is 22.3. The Balaban J connectivity index is 1.33. The Morgan fingerprint density at radius 1 is 0.909 bits per heavy atom. The van der Waals surface area contributed by atoms with Gasteiger partial charge in [0.25, 0.3) is 0 Å². The third-order valence-corrected chi connectivity index (χ3v) is 5.54. The molecule has 2 N–H and O–H groups in total. The summed E-state index contributed by atoms with van der Waals surface area (Å²) in [6.45, 7) is 6.42. The fraction of sp³-hybridized carbons (Fsp3) is 0.269. The molecule has 4 rings (SSSR count). The Labute approximate surface area is 194 Å². The molecule has 0 radical (unpaired) electrons. The summed E-state index contributed by atoms with van der Waals surface area (Å²) >= 11 is 0. The van der Waals surface area contributed by atoms with Gasteiger partial charge in [0, 0.05) is 18.8 Å². The molecule has 3 aromatic rings. The van der Waals surface area contributed by atoms with E-state index in [1.54, 1.807) is 19.1 Å². The molecule has 0 unspecified atom stereocenters. The molecule has 33 heavy (non-hydrogen) atoms. The largest absolute Gasteiger partial charge is 0.462 e. The fourth-order valence-corrected chi connectivity index (χ4v) is 3.71. The van der Waals surface area contributed by atoms with Gasteiger partial charge in [0.05, 0.1) is 34.9 Å². The number of ether oxygens (including phenoxy) is 1. The molecule has 0 amide bonds. The number of rotatable bonds is 8. The molecule has 1 aliphatic heterocycles. The minimum absolute atomic E-state index is 0.320. The molecule has 0 spiro atoms. The lowest BCUT2D eigenvalue weighted by Gasteiger charge is -2.17. The normalized spacial score (nSPS) is 13.3. The van der Waals surface area contributed by atoms with E-state index in [-0.39, 0.29) is 5.97 Å². The van der Waals surface area contributed by atoms with Crippen molar-refractivity contribution < 1.29 is 9.53 Å². The topological polar surface area (TPSA) is 78.3 Å². The van der Waals surface area contributed by atoms with Crippen LogP contribution in [-0.2, 0) is 4.74 Å². The molecule has 1 fully saturated rings. The maximum absolute atomic E-state index is 11.7. The lowest BCUT2D eigenvalue weighted by molar-refractivity contribution is 0.0526. The third-order valence-electron chi connectivity index (χ3n) is 5.54. The molecule has 0 saturated carbocycles. The summed E-state index contributed by atoms with van der Waals surface area (Å²) in [6.07, 6.45) is 2.53. The first-order valence-electron chi connectivity index (χ1n) is 11.3. The first-order valence-corrected chi connectivity index (χ1v) is 11.3. The predicted octanol–water partition coefficient (Wildman–Crippen LogP) is 6.63. The van der Waals surface area contributed by atoms with Gasteiger partial charge >= 0.3 is 5.97 Å². The molecule has 1 saturated heterocycles. The number of carbonyl (C=O) groups excluding carboxylic acids is 1. The van der Waals surface area contributed by atoms with E-state index < -0.39 is 0 Å². The van der Waals surface area contributed by atoms with Gasteiger partial charge in [-0.15, -0.1) is 0 Å². The lowest BCUT2D eigenvalue weighted by Crippen LogP contribution is -2.17. The Bertz CT molecular complexity index is 1100. The molecule has 7 heteroatoms. The smallest absolute Gasteiger partial charge is 0.338 e. The van der Waals surface area contributed by atoms with E-state index >= 15 is 0 Å². The number of aryl methyl sites for hydroxylation is 1. The van der Waals surface area contributed by atoms with Crippen molar-refractivity contribution in [3.63, 3.8) is 0 Å². The van der Waals surface area contributed by atoms with Crippen molar-refractivity contribution in [2.24, 2.45) is 10.2 Å². The van der Waals surface area contributed by atoms with Gasteiger partial charge < -0.3 is 20.5 Å². The van der Waals surface area contributed by atoms with E-state index in [2.05, 4.69) is 38.1 Å². The number of hydrogen-bond donors (Lipinski definition) is 2.